The van der Waals surface area contributed by atoms with Crippen molar-refractivity contribution >= 4 is 27.4 Å². The molecule has 1 amide bonds. The molecule has 0 atom stereocenters. The number of morpholine rings is 1. The second-order valence-electron chi connectivity index (χ2n) is 8.47. The zero-order valence-corrected chi connectivity index (χ0v) is 19.0. The van der Waals surface area contributed by atoms with Gasteiger partial charge in [0.15, 0.2) is 0 Å². The molecule has 0 spiro atoms. The Morgan fingerprint density at radius 1 is 1.10 bits per heavy atom. The normalized spacial score (nSPS) is 15.0. The Morgan fingerprint density at radius 2 is 1.77 bits per heavy atom. The number of carbonyl (C=O) groups is 1. The van der Waals surface area contributed by atoms with Crippen molar-refractivity contribution < 1.29 is 17.9 Å². The van der Waals surface area contributed by atoms with E-state index in [1.807, 2.05) is 18.2 Å². The third kappa shape index (κ3) is 6.49. The average Bonchev–Trinajstić information content (AvgIpc) is 2.74. The van der Waals surface area contributed by atoms with E-state index in [0.29, 0.717) is 18.9 Å². The summed E-state index contributed by atoms with van der Waals surface area (Å²) in [6, 6.07) is 10.4. The number of sulfonamides is 1. The highest BCUT2D eigenvalue weighted by atomic mass is 32.2. The summed E-state index contributed by atoms with van der Waals surface area (Å²) in [4.78, 5) is 18.9. The lowest BCUT2D eigenvalue weighted by molar-refractivity contribution is -0.116. The first-order valence-electron chi connectivity index (χ1n) is 10.3. The van der Waals surface area contributed by atoms with E-state index in [1.165, 1.54) is 0 Å². The molecular weight excluding hydrogens is 416 g/mol. The first-order chi connectivity index (χ1) is 14.6. The average molecular weight is 447 g/mol. The zero-order chi connectivity index (χ0) is 22.5. The standard InChI is InChI=1S/C22H30N4O4S/c1-22(2,3)17-4-7-19(8-5-17)31(28,29)24-11-10-21(27)25-18-6-9-20(23-16-18)26-12-14-30-15-13-26/h4-9,16,24H,10-15H2,1-3H3,(H,25,27). The van der Waals surface area contributed by atoms with Crippen LogP contribution in [0.25, 0.3) is 0 Å². The van der Waals surface area contributed by atoms with Gasteiger partial charge in [-0.1, -0.05) is 32.9 Å². The van der Waals surface area contributed by atoms with Crippen molar-refractivity contribution in [3.8, 4) is 0 Å². The van der Waals surface area contributed by atoms with Crippen LogP contribution in [0.4, 0.5) is 11.5 Å². The van der Waals surface area contributed by atoms with Gasteiger partial charge in [-0.3, -0.25) is 4.79 Å². The third-order valence-electron chi connectivity index (χ3n) is 5.04. The Labute approximate surface area is 184 Å². The van der Waals surface area contributed by atoms with Crippen molar-refractivity contribution in [2.24, 2.45) is 0 Å². The summed E-state index contributed by atoms with van der Waals surface area (Å²) < 4.78 is 32.7. The number of carbonyl (C=O) groups excluding carboxylic acids is 1. The number of pyridine rings is 1. The van der Waals surface area contributed by atoms with Crippen LogP contribution >= 0.6 is 0 Å². The fourth-order valence-corrected chi connectivity index (χ4v) is 4.21. The second-order valence-corrected chi connectivity index (χ2v) is 10.2. The van der Waals surface area contributed by atoms with Gasteiger partial charge in [-0.05, 0) is 35.2 Å². The van der Waals surface area contributed by atoms with Crippen molar-refractivity contribution in [1.29, 1.82) is 0 Å². The molecule has 1 saturated heterocycles. The first kappa shape index (κ1) is 23.2. The monoisotopic (exact) mass is 446 g/mol. The summed E-state index contributed by atoms with van der Waals surface area (Å²) >= 11 is 0. The molecule has 1 aliphatic rings. The second kappa shape index (κ2) is 9.76. The van der Waals surface area contributed by atoms with E-state index in [0.717, 1.165) is 24.5 Å². The summed E-state index contributed by atoms with van der Waals surface area (Å²) in [5, 5.41) is 2.74. The molecule has 2 N–H and O–H groups in total. The number of nitrogens with one attached hydrogen (secondary N) is 2. The van der Waals surface area contributed by atoms with Gasteiger partial charge in [0, 0.05) is 26.1 Å². The molecule has 1 fully saturated rings. The lowest BCUT2D eigenvalue weighted by Crippen LogP contribution is -2.36. The van der Waals surface area contributed by atoms with Gasteiger partial charge < -0.3 is 15.0 Å². The number of amides is 1. The lowest BCUT2D eigenvalue weighted by atomic mass is 9.87. The Bertz CT molecular complexity index is 978. The van der Waals surface area contributed by atoms with Crippen LogP contribution in [0.3, 0.4) is 0 Å². The Kier molecular flexibility index (Phi) is 7.30. The summed E-state index contributed by atoms with van der Waals surface area (Å²) in [5.74, 6) is 0.554. The predicted molar refractivity (Wildman–Crippen MR) is 121 cm³/mol. The van der Waals surface area contributed by atoms with E-state index >= 15 is 0 Å². The predicted octanol–water partition coefficient (Wildman–Crippen LogP) is 2.52. The maximum atomic E-state index is 12.5. The quantitative estimate of drug-likeness (QED) is 0.678. The fraction of sp³-hybridized carbons (Fsp3) is 0.455. The number of rotatable bonds is 7. The van der Waals surface area contributed by atoms with Gasteiger partial charge >= 0.3 is 0 Å². The summed E-state index contributed by atoms with van der Waals surface area (Å²) in [5.41, 5.74) is 1.57. The molecule has 2 aromatic rings. The lowest BCUT2D eigenvalue weighted by Gasteiger charge is -2.27. The molecule has 9 heteroatoms. The molecule has 0 unspecified atom stereocenters. The van der Waals surface area contributed by atoms with Crippen molar-refractivity contribution in [3.63, 3.8) is 0 Å². The Balaban J connectivity index is 1.48. The molecule has 1 aliphatic heterocycles. The minimum Gasteiger partial charge on any atom is -0.378 e. The van der Waals surface area contributed by atoms with Crippen molar-refractivity contribution in [3.05, 3.63) is 48.2 Å². The van der Waals surface area contributed by atoms with Crippen LogP contribution in [-0.2, 0) is 25.0 Å². The van der Waals surface area contributed by atoms with Crippen LogP contribution in [0, 0.1) is 0 Å². The summed E-state index contributed by atoms with van der Waals surface area (Å²) in [7, 11) is -3.67. The number of anilines is 2. The molecule has 0 aliphatic carbocycles. The number of ether oxygens (including phenoxy) is 1. The van der Waals surface area contributed by atoms with E-state index in [-0.39, 0.29) is 29.2 Å². The van der Waals surface area contributed by atoms with E-state index in [4.69, 9.17) is 4.74 Å². The molecule has 0 saturated carbocycles. The van der Waals surface area contributed by atoms with E-state index in [1.54, 1.807) is 24.4 Å². The van der Waals surface area contributed by atoms with Gasteiger partial charge in [0.05, 0.1) is 30.0 Å². The van der Waals surface area contributed by atoms with Crippen LogP contribution in [0.5, 0.6) is 0 Å². The Morgan fingerprint density at radius 3 is 2.35 bits per heavy atom. The largest absolute Gasteiger partial charge is 0.378 e. The molecule has 1 aromatic heterocycles. The maximum Gasteiger partial charge on any atom is 0.240 e. The minimum absolute atomic E-state index is 0.00841. The number of hydrogen-bond acceptors (Lipinski definition) is 6. The Hall–Kier alpha value is -2.49. The van der Waals surface area contributed by atoms with Gasteiger partial charge in [0.1, 0.15) is 5.82 Å². The van der Waals surface area contributed by atoms with Crippen LogP contribution in [-0.4, -0.2) is 52.2 Å². The third-order valence-corrected chi connectivity index (χ3v) is 6.52. The van der Waals surface area contributed by atoms with Gasteiger partial charge in [-0.25, -0.2) is 18.1 Å². The molecule has 2 heterocycles. The van der Waals surface area contributed by atoms with E-state index in [9.17, 15) is 13.2 Å². The van der Waals surface area contributed by atoms with Crippen LogP contribution < -0.4 is 14.9 Å². The summed E-state index contributed by atoms with van der Waals surface area (Å²) in [6.07, 6.45) is 1.62. The maximum absolute atomic E-state index is 12.5. The first-order valence-corrected chi connectivity index (χ1v) is 11.8. The summed E-state index contributed by atoms with van der Waals surface area (Å²) in [6.45, 7) is 9.15. The molecule has 31 heavy (non-hydrogen) atoms. The fourth-order valence-electron chi connectivity index (χ4n) is 3.18. The number of hydrogen-bond donors (Lipinski definition) is 2. The van der Waals surface area contributed by atoms with Gasteiger partial charge in [-0.2, -0.15) is 0 Å². The smallest absolute Gasteiger partial charge is 0.240 e. The van der Waals surface area contributed by atoms with Crippen LogP contribution in [0.2, 0.25) is 0 Å². The molecule has 3 rings (SSSR count). The van der Waals surface area contributed by atoms with Crippen LogP contribution in [0.15, 0.2) is 47.5 Å². The number of aromatic nitrogens is 1. The molecule has 8 nitrogen and oxygen atoms in total. The van der Waals surface area contributed by atoms with Gasteiger partial charge in [-0.15, -0.1) is 0 Å². The molecule has 168 valence electrons. The zero-order valence-electron chi connectivity index (χ0n) is 18.2. The topological polar surface area (TPSA) is 101 Å². The molecule has 0 radical (unpaired) electrons. The van der Waals surface area contributed by atoms with Gasteiger partial charge in [0.2, 0.25) is 15.9 Å². The van der Waals surface area contributed by atoms with Crippen molar-refractivity contribution in [1.82, 2.24) is 9.71 Å². The van der Waals surface area contributed by atoms with Crippen molar-refractivity contribution in [2.45, 2.75) is 37.5 Å². The minimum atomic E-state index is -3.67. The van der Waals surface area contributed by atoms with Gasteiger partial charge in [0.25, 0.3) is 0 Å². The van der Waals surface area contributed by atoms with E-state index < -0.39 is 10.0 Å². The SMILES string of the molecule is CC(C)(C)c1ccc(S(=O)(=O)NCCC(=O)Nc2ccc(N3CCOCC3)nc2)cc1. The highest BCUT2D eigenvalue weighted by Gasteiger charge is 2.18. The van der Waals surface area contributed by atoms with Crippen molar-refractivity contribution in [2.75, 3.05) is 43.1 Å². The highest BCUT2D eigenvalue weighted by Crippen LogP contribution is 2.23. The number of nitrogens with zero attached hydrogens (tertiary/aromatic N) is 2. The molecule has 1 aromatic carbocycles. The number of benzene rings is 1. The van der Waals surface area contributed by atoms with E-state index in [2.05, 4.69) is 40.7 Å². The van der Waals surface area contributed by atoms with Crippen LogP contribution in [0.1, 0.15) is 32.8 Å². The molecular formula is C22H30N4O4S. The molecule has 0 bridgehead atoms. The highest BCUT2D eigenvalue weighted by molar-refractivity contribution is 7.89.